The monoisotopic (exact) mass is 417 g/mol. The van der Waals surface area contributed by atoms with Crippen molar-refractivity contribution in [3.8, 4) is 0 Å². The Morgan fingerprint density at radius 2 is 1.74 bits per heavy atom. The number of carbonyl (C=O) groups is 2. The second-order valence-electron chi connectivity index (χ2n) is 7.96. The van der Waals surface area contributed by atoms with E-state index in [9.17, 15) is 9.59 Å². The first-order valence-electron chi connectivity index (χ1n) is 10.7. The zero-order valence-electron chi connectivity index (χ0n) is 17.9. The van der Waals surface area contributed by atoms with Crippen LogP contribution in [0.25, 0.3) is 11.0 Å². The number of nitrogens with zero attached hydrogens (tertiary/aromatic N) is 3. The van der Waals surface area contributed by atoms with Crippen molar-refractivity contribution in [2.75, 3.05) is 23.7 Å². The molecule has 3 heterocycles. The Bertz CT molecular complexity index is 1120. The Labute approximate surface area is 181 Å². The number of anilines is 3. The quantitative estimate of drug-likeness (QED) is 0.645. The Morgan fingerprint density at radius 1 is 1.00 bits per heavy atom. The number of likely N-dealkylation sites (tertiary alicyclic amines) is 1. The number of aromatic nitrogens is 2. The number of pyridine rings is 2. The van der Waals surface area contributed by atoms with Gasteiger partial charge in [-0.15, -0.1) is 0 Å². The predicted molar refractivity (Wildman–Crippen MR) is 123 cm³/mol. The van der Waals surface area contributed by atoms with E-state index in [1.807, 2.05) is 48.2 Å². The smallest absolute Gasteiger partial charge is 0.257 e. The number of benzene rings is 1. The van der Waals surface area contributed by atoms with E-state index in [0.29, 0.717) is 22.6 Å². The van der Waals surface area contributed by atoms with Gasteiger partial charge in [0.2, 0.25) is 5.91 Å². The summed E-state index contributed by atoms with van der Waals surface area (Å²) in [5.41, 5.74) is 4.13. The van der Waals surface area contributed by atoms with E-state index in [1.165, 1.54) is 6.92 Å². The van der Waals surface area contributed by atoms with Crippen LogP contribution in [0.5, 0.6) is 0 Å². The molecule has 0 radical (unpaired) electrons. The minimum absolute atomic E-state index is 0.0163. The lowest BCUT2D eigenvalue weighted by Gasteiger charge is -2.23. The van der Waals surface area contributed by atoms with Gasteiger partial charge in [-0.25, -0.2) is 9.97 Å². The summed E-state index contributed by atoms with van der Waals surface area (Å²) in [4.78, 5) is 35.8. The van der Waals surface area contributed by atoms with E-state index in [0.717, 1.165) is 55.5 Å². The topological polar surface area (TPSA) is 87.2 Å². The summed E-state index contributed by atoms with van der Waals surface area (Å²) in [7, 11) is 0. The number of hydrogen-bond acceptors (Lipinski definition) is 5. The molecule has 1 fully saturated rings. The van der Waals surface area contributed by atoms with E-state index < -0.39 is 0 Å². The molecule has 1 saturated heterocycles. The standard InChI is InChI=1S/C24H27N5O2/c1-16-10-11-20-22(28-19-9-7-8-18(14-19)27-17(2)30)21(15-25-23(20)26-16)24(31)29-12-5-3-4-6-13-29/h7-11,14-15H,3-6,12-13H2,1-2H3,(H,27,30)(H,25,26,28). The molecule has 7 nitrogen and oxygen atoms in total. The maximum absolute atomic E-state index is 13.5. The number of carbonyl (C=O) groups excluding carboxylic acids is 2. The number of rotatable bonds is 4. The fourth-order valence-corrected chi connectivity index (χ4v) is 3.94. The second kappa shape index (κ2) is 9.12. The van der Waals surface area contributed by atoms with Crippen molar-refractivity contribution in [1.82, 2.24) is 14.9 Å². The first-order valence-corrected chi connectivity index (χ1v) is 10.7. The highest BCUT2D eigenvalue weighted by Gasteiger charge is 2.22. The van der Waals surface area contributed by atoms with Gasteiger partial charge in [-0.3, -0.25) is 9.59 Å². The molecule has 7 heteroatoms. The first-order chi connectivity index (χ1) is 15.0. The fourth-order valence-electron chi connectivity index (χ4n) is 3.94. The van der Waals surface area contributed by atoms with Gasteiger partial charge >= 0.3 is 0 Å². The van der Waals surface area contributed by atoms with Crippen molar-refractivity contribution in [3.05, 3.63) is 53.9 Å². The maximum Gasteiger partial charge on any atom is 0.257 e. The van der Waals surface area contributed by atoms with Crippen LogP contribution in [0.15, 0.2) is 42.6 Å². The van der Waals surface area contributed by atoms with Crippen LogP contribution in [0.2, 0.25) is 0 Å². The molecular formula is C24H27N5O2. The lowest BCUT2D eigenvalue weighted by atomic mass is 10.1. The molecule has 2 aromatic heterocycles. The molecule has 31 heavy (non-hydrogen) atoms. The minimum Gasteiger partial charge on any atom is -0.354 e. The van der Waals surface area contributed by atoms with Crippen LogP contribution >= 0.6 is 0 Å². The molecule has 160 valence electrons. The minimum atomic E-state index is -0.136. The molecule has 0 atom stereocenters. The van der Waals surface area contributed by atoms with Crippen LogP contribution in [-0.2, 0) is 4.79 Å². The zero-order chi connectivity index (χ0) is 21.8. The molecule has 0 bridgehead atoms. The van der Waals surface area contributed by atoms with Crippen LogP contribution in [0.3, 0.4) is 0 Å². The Hall–Kier alpha value is -3.48. The van der Waals surface area contributed by atoms with Gasteiger partial charge in [-0.05, 0) is 50.1 Å². The van der Waals surface area contributed by atoms with E-state index >= 15 is 0 Å². The van der Waals surface area contributed by atoms with E-state index in [2.05, 4.69) is 20.6 Å². The molecule has 1 aliphatic rings. The molecule has 2 N–H and O–H groups in total. The zero-order valence-corrected chi connectivity index (χ0v) is 17.9. The van der Waals surface area contributed by atoms with Gasteiger partial charge in [0.05, 0.1) is 11.3 Å². The summed E-state index contributed by atoms with van der Waals surface area (Å²) in [5.74, 6) is -0.152. The van der Waals surface area contributed by atoms with Crippen molar-refractivity contribution in [3.63, 3.8) is 0 Å². The predicted octanol–water partition coefficient (Wildman–Crippen LogP) is 4.66. The molecule has 2 amide bonds. The van der Waals surface area contributed by atoms with Gasteiger partial charge in [0.1, 0.15) is 0 Å². The van der Waals surface area contributed by atoms with Gasteiger partial charge in [-0.1, -0.05) is 18.9 Å². The molecule has 4 rings (SSSR count). The van der Waals surface area contributed by atoms with E-state index in [4.69, 9.17) is 0 Å². The van der Waals surface area contributed by atoms with Crippen LogP contribution in [0, 0.1) is 6.92 Å². The van der Waals surface area contributed by atoms with Crippen LogP contribution in [-0.4, -0.2) is 39.8 Å². The molecule has 1 aromatic carbocycles. The van der Waals surface area contributed by atoms with Crippen LogP contribution in [0.1, 0.15) is 48.7 Å². The van der Waals surface area contributed by atoms with Crippen molar-refractivity contribution in [2.24, 2.45) is 0 Å². The summed E-state index contributed by atoms with van der Waals surface area (Å²) >= 11 is 0. The Morgan fingerprint density at radius 3 is 2.48 bits per heavy atom. The normalized spacial score (nSPS) is 14.2. The summed E-state index contributed by atoms with van der Waals surface area (Å²) in [5, 5.41) is 6.99. The average Bonchev–Trinajstić information content (AvgIpc) is 3.03. The van der Waals surface area contributed by atoms with Gasteiger partial charge in [0.25, 0.3) is 5.91 Å². The third-order valence-electron chi connectivity index (χ3n) is 5.44. The SMILES string of the molecule is CC(=O)Nc1cccc(Nc2c(C(=O)N3CCCCCC3)cnc3nc(C)ccc23)c1. The highest BCUT2D eigenvalue weighted by Crippen LogP contribution is 2.31. The summed E-state index contributed by atoms with van der Waals surface area (Å²) in [6.45, 7) is 4.92. The number of fused-ring (bicyclic) bond motifs is 1. The highest BCUT2D eigenvalue weighted by atomic mass is 16.2. The Balaban J connectivity index is 1.76. The van der Waals surface area contributed by atoms with Crippen molar-refractivity contribution in [2.45, 2.75) is 39.5 Å². The molecule has 1 aliphatic heterocycles. The third-order valence-corrected chi connectivity index (χ3v) is 5.44. The van der Waals surface area contributed by atoms with Crippen LogP contribution < -0.4 is 10.6 Å². The molecule has 0 saturated carbocycles. The summed E-state index contributed by atoms with van der Waals surface area (Å²) in [6.07, 6.45) is 5.99. The van der Waals surface area contributed by atoms with E-state index in [-0.39, 0.29) is 11.8 Å². The second-order valence-corrected chi connectivity index (χ2v) is 7.96. The Kier molecular flexibility index (Phi) is 6.11. The van der Waals surface area contributed by atoms with Crippen molar-refractivity contribution in [1.29, 1.82) is 0 Å². The first kappa shape index (κ1) is 20.8. The van der Waals surface area contributed by atoms with Gasteiger partial charge < -0.3 is 15.5 Å². The molecule has 0 aliphatic carbocycles. The van der Waals surface area contributed by atoms with Crippen molar-refractivity contribution < 1.29 is 9.59 Å². The molecular weight excluding hydrogens is 390 g/mol. The van der Waals surface area contributed by atoms with Gasteiger partial charge in [-0.2, -0.15) is 0 Å². The number of nitrogens with one attached hydrogen (secondary N) is 2. The highest BCUT2D eigenvalue weighted by molar-refractivity contribution is 6.07. The number of hydrogen-bond donors (Lipinski definition) is 2. The van der Waals surface area contributed by atoms with Gasteiger partial charge in [0, 0.05) is 48.7 Å². The number of amides is 2. The van der Waals surface area contributed by atoms with Crippen molar-refractivity contribution >= 4 is 39.9 Å². The summed E-state index contributed by atoms with van der Waals surface area (Å²) < 4.78 is 0. The summed E-state index contributed by atoms with van der Waals surface area (Å²) in [6, 6.07) is 11.3. The maximum atomic E-state index is 13.5. The molecule has 0 spiro atoms. The molecule has 0 unspecified atom stereocenters. The largest absolute Gasteiger partial charge is 0.354 e. The van der Waals surface area contributed by atoms with Crippen LogP contribution in [0.4, 0.5) is 17.1 Å². The lowest BCUT2D eigenvalue weighted by Crippen LogP contribution is -2.32. The third kappa shape index (κ3) is 4.82. The fraction of sp³-hybridized carbons (Fsp3) is 0.333. The van der Waals surface area contributed by atoms with E-state index in [1.54, 1.807) is 6.20 Å². The average molecular weight is 418 g/mol. The number of aryl methyl sites for hydroxylation is 1. The van der Waals surface area contributed by atoms with Gasteiger partial charge in [0.15, 0.2) is 5.65 Å². The lowest BCUT2D eigenvalue weighted by molar-refractivity contribution is -0.114. The molecule has 3 aromatic rings.